The SMILES string of the molecule is CCN(Cc1ccccc1NC(=O)CN(C)S(=O)(=O)c1ccc(F)cc1)C(=O)OC(C)(C)C. The number of para-hydroxylation sites is 1. The first kappa shape index (κ1) is 26.3. The molecule has 8 nitrogen and oxygen atoms in total. The average molecular weight is 480 g/mol. The number of anilines is 1. The summed E-state index contributed by atoms with van der Waals surface area (Å²) in [5, 5.41) is 2.71. The summed E-state index contributed by atoms with van der Waals surface area (Å²) < 4.78 is 44.7. The predicted octanol–water partition coefficient (Wildman–Crippen LogP) is 3.84. The highest BCUT2D eigenvalue weighted by atomic mass is 32.2. The van der Waals surface area contributed by atoms with Crippen LogP contribution in [0.4, 0.5) is 14.9 Å². The van der Waals surface area contributed by atoms with E-state index in [4.69, 9.17) is 4.74 Å². The second-order valence-electron chi connectivity index (χ2n) is 8.41. The van der Waals surface area contributed by atoms with Crippen molar-refractivity contribution in [3.63, 3.8) is 0 Å². The number of halogens is 1. The highest BCUT2D eigenvalue weighted by Crippen LogP contribution is 2.20. The summed E-state index contributed by atoms with van der Waals surface area (Å²) in [7, 11) is -2.70. The van der Waals surface area contributed by atoms with Gasteiger partial charge in [0.1, 0.15) is 11.4 Å². The standard InChI is InChI=1S/C23H30FN3O5S/c1-6-27(22(29)32-23(2,3)4)15-17-9-7-8-10-20(17)25-21(28)16-26(5)33(30,31)19-13-11-18(24)12-14-19/h7-14H,6,15-16H2,1-5H3,(H,25,28). The second-order valence-corrected chi connectivity index (χ2v) is 10.5. The van der Waals surface area contributed by atoms with Gasteiger partial charge in [-0.3, -0.25) is 4.79 Å². The number of amides is 2. The van der Waals surface area contributed by atoms with E-state index in [9.17, 15) is 22.4 Å². The number of nitrogens with zero attached hydrogens (tertiary/aromatic N) is 2. The first-order valence-electron chi connectivity index (χ1n) is 10.4. The number of carbonyl (C=O) groups excluding carboxylic acids is 2. The molecule has 0 saturated carbocycles. The lowest BCUT2D eigenvalue weighted by atomic mass is 10.1. The second kappa shape index (κ2) is 10.8. The summed E-state index contributed by atoms with van der Waals surface area (Å²) in [5.74, 6) is -1.12. The van der Waals surface area contributed by atoms with E-state index in [1.165, 1.54) is 11.9 Å². The number of benzene rings is 2. The molecular formula is C23H30FN3O5S. The maximum Gasteiger partial charge on any atom is 0.410 e. The van der Waals surface area contributed by atoms with Crippen molar-refractivity contribution >= 4 is 27.7 Å². The third kappa shape index (κ3) is 7.54. The Balaban J connectivity index is 2.11. The van der Waals surface area contributed by atoms with Crippen molar-refractivity contribution in [3.05, 3.63) is 59.9 Å². The fourth-order valence-corrected chi connectivity index (χ4v) is 4.01. The lowest BCUT2D eigenvalue weighted by Gasteiger charge is -2.27. The molecule has 0 atom stereocenters. The molecule has 0 aliphatic heterocycles. The highest BCUT2D eigenvalue weighted by molar-refractivity contribution is 7.89. The fourth-order valence-electron chi connectivity index (χ4n) is 2.88. The Morgan fingerprint density at radius 2 is 1.67 bits per heavy atom. The Morgan fingerprint density at radius 3 is 2.24 bits per heavy atom. The molecule has 2 amide bonds. The maximum absolute atomic E-state index is 13.1. The topological polar surface area (TPSA) is 96.0 Å². The van der Waals surface area contributed by atoms with Crippen LogP contribution in [0.2, 0.25) is 0 Å². The van der Waals surface area contributed by atoms with Crippen molar-refractivity contribution in [3.8, 4) is 0 Å². The van der Waals surface area contributed by atoms with Crippen molar-refractivity contribution in [2.24, 2.45) is 0 Å². The summed E-state index contributed by atoms with van der Waals surface area (Å²) in [4.78, 5) is 26.4. The van der Waals surface area contributed by atoms with Gasteiger partial charge in [0.15, 0.2) is 0 Å². The number of carbonyl (C=O) groups is 2. The first-order chi connectivity index (χ1) is 15.3. The minimum absolute atomic E-state index is 0.115. The molecule has 0 fully saturated rings. The van der Waals surface area contributed by atoms with Crippen LogP contribution in [0.15, 0.2) is 53.4 Å². The molecule has 0 unspecified atom stereocenters. The summed E-state index contributed by atoms with van der Waals surface area (Å²) in [6, 6.07) is 11.3. The molecule has 0 spiro atoms. The van der Waals surface area contributed by atoms with Gasteiger partial charge in [-0.1, -0.05) is 18.2 Å². The quantitative estimate of drug-likeness (QED) is 0.621. The van der Waals surface area contributed by atoms with Crippen molar-refractivity contribution in [2.45, 2.75) is 44.7 Å². The summed E-state index contributed by atoms with van der Waals surface area (Å²) >= 11 is 0. The van der Waals surface area contributed by atoms with Crippen molar-refractivity contribution in [2.75, 3.05) is 25.5 Å². The van der Waals surface area contributed by atoms with Gasteiger partial charge in [0.25, 0.3) is 0 Å². The molecule has 0 aliphatic carbocycles. The Kier molecular flexibility index (Phi) is 8.57. The van der Waals surface area contributed by atoms with Gasteiger partial charge in [-0.05, 0) is 63.6 Å². The molecule has 33 heavy (non-hydrogen) atoms. The van der Waals surface area contributed by atoms with Crippen molar-refractivity contribution < 1.29 is 27.1 Å². The molecule has 2 aromatic carbocycles. The zero-order chi connectivity index (χ0) is 24.8. The van der Waals surface area contributed by atoms with Gasteiger partial charge in [-0.15, -0.1) is 0 Å². The molecule has 0 aromatic heterocycles. The average Bonchev–Trinajstić information content (AvgIpc) is 2.71. The normalized spacial score (nSPS) is 11.8. The number of likely N-dealkylation sites (N-methyl/N-ethyl adjacent to an activating group) is 1. The van der Waals surface area contributed by atoms with Gasteiger partial charge in [-0.2, -0.15) is 4.31 Å². The first-order valence-corrected chi connectivity index (χ1v) is 11.8. The third-order valence-electron chi connectivity index (χ3n) is 4.57. The zero-order valence-corrected chi connectivity index (χ0v) is 20.3. The van der Waals surface area contributed by atoms with Crippen LogP contribution >= 0.6 is 0 Å². The molecular weight excluding hydrogens is 449 g/mol. The molecule has 0 bridgehead atoms. The van der Waals surface area contributed by atoms with E-state index in [1.807, 2.05) is 6.92 Å². The third-order valence-corrected chi connectivity index (χ3v) is 6.39. The lowest BCUT2D eigenvalue weighted by Crippen LogP contribution is -2.37. The number of sulfonamides is 1. The predicted molar refractivity (Wildman–Crippen MR) is 124 cm³/mol. The summed E-state index contributed by atoms with van der Waals surface area (Å²) in [5.41, 5.74) is 0.485. The van der Waals surface area contributed by atoms with Gasteiger partial charge >= 0.3 is 6.09 Å². The Bertz CT molecular complexity index is 1080. The molecule has 10 heteroatoms. The van der Waals surface area contributed by atoms with Crippen LogP contribution in [-0.4, -0.2) is 55.4 Å². The van der Waals surface area contributed by atoms with Crippen molar-refractivity contribution in [1.29, 1.82) is 0 Å². The van der Waals surface area contributed by atoms with Crippen LogP contribution in [0.25, 0.3) is 0 Å². The number of rotatable bonds is 8. The number of ether oxygens (including phenoxy) is 1. The molecule has 0 radical (unpaired) electrons. The molecule has 1 N–H and O–H groups in total. The van der Waals surface area contributed by atoms with E-state index < -0.39 is 40.0 Å². The van der Waals surface area contributed by atoms with Crippen molar-refractivity contribution in [1.82, 2.24) is 9.21 Å². The van der Waals surface area contributed by atoms with Crippen LogP contribution in [0.3, 0.4) is 0 Å². The van der Waals surface area contributed by atoms with Crippen LogP contribution in [0.1, 0.15) is 33.3 Å². The van der Waals surface area contributed by atoms with E-state index in [0.717, 1.165) is 28.6 Å². The van der Waals surface area contributed by atoms with E-state index in [0.29, 0.717) is 17.8 Å². The monoisotopic (exact) mass is 479 g/mol. The minimum Gasteiger partial charge on any atom is -0.444 e. The van der Waals surface area contributed by atoms with Gasteiger partial charge < -0.3 is 15.0 Å². The van der Waals surface area contributed by atoms with Crippen LogP contribution in [-0.2, 0) is 26.1 Å². The highest BCUT2D eigenvalue weighted by Gasteiger charge is 2.24. The summed E-state index contributed by atoms with van der Waals surface area (Å²) in [6.07, 6.45) is -0.476. The van der Waals surface area contributed by atoms with Gasteiger partial charge in [0, 0.05) is 19.3 Å². The number of nitrogens with one attached hydrogen (secondary N) is 1. The van der Waals surface area contributed by atoms with Crippen LogP contribution in [0.5, 0.6) is 0 Å². The Labute approximate surface area is 194 Å². The molecule has 2 aromatic rings. The Hall–Kier alpha value is -2.98. The van der Waals surface area contributed by atoms with E-state index in [-0.39, 0.29) is 11.4 Å². The fraction of sp³-hybridized carbons (Fsp3) is 0.391. The molecule has 180 valence electrons. The molecule has 0 aliphatic rings. The lowest BCUT2D eigenvalue weighted by molar-refractivity contribution is -0.116. The smallest absolute Gasteiger partial charge is 0.410 e. The largest absolute Gasteiger partial charge is 0.444 e. The Morgan fingerprint density at radius 1 is 1.06 bits per heavy atom. The molecule has 2 rings (SSSR count). The van der Waals surface area contributed by atoms with Gasteiger partial charge in [0.05, 0.1) is 18.0 Å². The summed E-state index contributed by atoms with van der Waals surface area (Å²) in [6.45, 7) is 7.32. The number of hydrogen-bond acceptors (Lipinski definition) is 5. The van der Waals surface area contributed by atoms with E-state index >= 15 is 0 Å². The maximum atomic E-state index is 13.1. The minimum atomic E-state index is -3.97. The van der Waals surface area contributed by atoms with Gasteiger partial charge in [0.2, 0.25) is 15.9 Å². The van der Waals surface area contributed by atoms with Crippen LogP contribution in [0, 0.1) is 5.82 Å². The number of hydrogen-bond donors (Lipinski definition) is 1. The van der Waals surface area contributed by atoms with E-state index in [1.54, 1.807) is 45.0 Å². The van der Waals surface area contributed by atoms with E-state index in [2.05, 4.69) is 5.32 Å². The van der Waals surface area contributed by atoms with Gasteiger partial charge in [-0.25, -0.2) is 17.6 Å². The zero-order valence-electron chi connectivity index (χ0n) is 19.5. The molecule has 0 saturated heterocycles. The molecule has 0 heterocycles. The van der Waals surface area contributed by atoms with Crippen LogP contribution < -0.4 is 5.32 Å².